The fourth-order valence-electron chi connectivity index (χ4n) is 3.10. The van der Waals surface area contributed by atoms with E-state index in [9.17, 15) is 5.26 Å². The summed E-state index contributed by atoms with van der Waals surface area (Å²) in [6.07, 6.45) is 5.02. The summed E-state index contributed by atoms with van der Waals surface area (Å²) >= 11 is 0. The molecular formula is C18H20N2. The van der Waals surface area contributed by atoms with Crippen molar-refractivity contribution in [2.24, 2.45) is 0 Å². The Hall–Kier alpha value is -1.85. The van der Waals surface area contributed by atoms with Crippen LogP contribution in [0.5, 0.6) is 0 Å². The Bertz CT molecular complexity index is 619. The summed E-state index contributed by atoms with van der Waals surface area (Å²) in [6.45, 7) is 2.09. The minimum absolute atomic E-state index is 0.0993. The zero-order valence-corrected chi connectivity index (χ0v) is 11.8. The summed E-state index contributed by atoms with van der Waals surface area (Å²) in [5.41, 5.74) is 1.13. The number of benzene rings is 2. The van der Waals surface area contributed by atoms with Crippen molar-refractivity contribution in [3.63, 3.8) is 0 Å². The summed E-state index contributed by atoms with van der Waals surface area (Å²) in [7, 11) is 0. The maximum atomic E-state index is 9.60. The molecule has 1 heterocycles. The van der Waals surface area contributed by atoms with Crippen LogP contribution in [-0.4, -0.2) is 18.0 Å². The highest BCUT2D eigenvalue weighted by molar-refractivity contribution is 5.83. The number of fused-ring (bicyclic) bond motifs is 1. The van der Waals surface area contributed by atoms with Crippen molar-refractivity contribution in [3.8, 4) is 6.07 Å². The van der Waals surface area contributed by atoms with E-state index in [4.69, 9.17) is 0 Å². The van der Waals surface area contributed by atoms with Gasteiger partial charge in [-0.15, -0.1) is 0 Å². The number of rotatable bonds is 2. The molecule has 1 saturated heterocycles. The predicted octanol–water partition coefficient (Wildman–Crippen LogP) is 4.28. The van der Waals surface area contributed by atoms with E-state index in [1.807, 2.05) is 0 Å². The highest BCUT2D eigenvalue weighted by atomic mass is 15.1. The van der Waals surface area contributed by atoms with Crippen LogP contribution in [-0.2, 0) is 0 Å². The first-order valence-corrected chi connectivity index (χ1v) is 7.51. The normalized spacial score (nSPS) is 18.4. The Labute approximate surface area is 120 Å². The molecule has 102 valence electrons. The molecule has 0 bridgehead atoms. The molecule has 1 aliphatic rings. The first kappa shape index (κ1) is 13.1. The number of nitriles is 1. The lowest BCUT2D eigenvalue weighted by Gasteiger charge is -2.25. The van der Waals surface area contributed by atoms with Crippen LogP contribution < -0.4 is 0 Å². The second-order valence-electron chi connectivity index (χ2n) is 5.59. The molecule has 2 heteroatoms. The Morgan fingerprint density at radius 3 is 2.30 bits per heavy atom. The van der Waals surface area contributed by atoms with Gasteiger partial charge < -0.3 is 0 Å². The molecular weight excluding hydrogens is 244 g/mol. The second-order valence-corrected chi connectivity index (χ2v) is 5.59. The third kappa shape index (κ3) is 2.69. The number of hydrogen-bond acceptors (Lipinski definition) is 2. The second kappa shape index (κ2) is 6.07. The number of likely N-dealkylation sites (tertiary alicyclic amines) is 1. The van der Waals surface area contributed by atoms with Gasteiger partial charge in [-0.3, -0.25) is 4.90 Å². The lowest BCUT2D eigenvalue weighted by molar-refractivity contribution is 0.246. The van der Waals surface area contributed by atoms with E-state index >= 15 is 0 Å². The van der Waals surface area contributed by atoms with Gasteiger partial charge in [-0.1, -0.05) is 49.2 Å². The average Bonchev–Trinajstić information content (AvgIpc) is 2.77. The molecule has 2 aromatic rings. The summed E-state index contributed by atoms with van der Waals surface area (Å²) in [5, 5.41) is 12.1. The molecule has 1 atom stereocenters. The van der Waals surface area contributed by atoms with Crippen molar-refractivity contribution in [2.75, 3.05) is 13.1 Å². The van der Waals surface area contributed by atoms with Gasteiger partial charge >= 0.3 is 0 Å². The summed E-state index contributed by atoms with van der Waals surface area (Å²) in [5.74, 6) is 0. The van der Waals surface area contributed by atoms with E-state index in [-0.39, 0.29) is 6.04 Å². The van der Waals surface area contributed by atoms with Gasteiger partial charge in [-0.05, 0) is 48.3 Å². The molecule has 0 amide bonds. The van der Waals surface area contributed by atoms with E-state index in [2.05, 4.69) is 53.4 Å². The van der Waals surface area contributed by atoms with Crippen LogP contribution in [0.1, 0.15) is 37.3 Å². The van der Waals surface area contributed by atoms with Crippen LogP contribution in [0.4, 0.5) is 0 Å². The largest absolute Gasteiger partial charge is 0.284 e. The zero-order valence-electron chi connectivity index (χ0n) is 11.8. The highest BCUT2D eigenvalue weighted by Gasteiger charge is 2.21. The predicted molar refractivity (Wildman–Crippen MR) is 82.3 cm³/mol. The summed E-state index contributed by atoms with van der Waals surface area (Å²) in [4.78, 5) is 2.34. The average molecular weight is 264 g/mol. The Kier molecular flexibility index (Phi) is 3.99. The van der Waals surface area contributed by atoms with E-state index in [1.54, 1.807) is 0 Å². The van der Waals surface area contributed by atoms with Crippen LogP contribution in [0.15, 0.2) is 42.5 Å². The maximum absolute atomic E-state index is 9.60. The topological polar surface area (TPSA) is 27.0 Å². The van der Waals surface area contributed by atoms with Crippen LogP contribution in [0.3, 0.4) is 0 Å². The summed E-state index contributed by atoms with van der Waals surface area (Å²) < 4.78 is 0. The van der Waals surface area contributed by atoms with Crippen molar-refractivity contribution in [1.82, 2.24) is 4.90 Å². The molecule has 0 N–H and O–H groups in total. The van der Waals surface area contributed by atoms with Crippen LogP contribution in [0.2, 0.25) is 0 Å². The van der Waals surface area contributed by atoms with Crippen LogP contribution in [0.25, 0.3) is 10.8 Å². The SMILES string of the molecule is N#CC(c1ccc2ccccc2c1)N1CCCCCC1. The molecule has 20 heavy (non-hydrogen) atoms. The van der Waals surface area contributed by atoms with Crippen molar-refractivity contribution < 1.29 is 0 Å². The standard InChI is InChI=1S/C18H20N2/c19-14-18(20-11-5-1-2-6-12-20)17-10-9-15-7-3-4-8-16(15)13-17/h3-4,7-10,13,18H,1-2,5-6,11-12H2. The van der Waals surface area contributed by atoms with Gasteiger partial charge in [0.1, 0.15) is 6.04 Å². The van der Waals surface area contributed by atoms with Crippen molar-refractivity contribution in [1.29, 1.82) is 5.26 Å². The Balaban J connectivity index is 1.92. The van der Waals surface area contributed by atoms with Gasteiger partial charge in [0.15, 0.2) is 0 Å². The van der Waals surface area contributed by atoms with Crippen molar-refractivity contribution in [3.05, 3.63) is 48.0 Å². The van der Waals surface area contributed by atoms with E-state index in [0.29, 0.717) is 0 Å². The quantitative estimate of drug-likeness (QED) is 0.809. The number of nitrogens with zero attached hydrogens (tertiary/aromatic N) is 2. The first-order chi connectivity index (χ1) is 9.88. The third-order valence-corrected chi connectivity index (χ3v) is 4.22. The first-order valence-electron chi connectivity index (χ1n) is 7.51. The molecule has 1 aliphatic heterocycles. The Morgan fingerprint density at radius 2 is 1.60 bits per heavy atom. The smallest absolute Gasteiger partial charge is 0.123 e. The fraction of sp³-hybridized carbons (Fsp3) is 0.389. The molecule has 1 fully saturated rings. The van der Waals surface area contributed by atoms with E-state index in [1.165, 1.54) is 36.5 Å². The van der Waals surface area contributed by atoms with Crippen molar-refractivity contribution >= 4 is 10.8 Å². The molecule has 2 aromatic carbocycles. The van der Waals surface area contributed by atoms with Gasteiger partial charge in [-0.2, -0.15) is 5.26 Å². The van der Waals surface area contributed by atoms with Crippen LogP contribution >= 0.6 is 0 Å². The molecule has 0 spiro atoms. The molecule has 0 saturated carbocycles. The maximum Gasteiger partial charge on any atom is 0.123 e. The lowest BCUT2D eigenvalue weighted by atomic mass is 10.0. The van der Waals surface area contributed by atoms with Gasteiger partial charge in [0, 0.05) is 0 Å². The molecule has 0 radical (unpaired) electrons. The molecule has 0 aliphatic carbocycles. The molecule has 1 unspecified atom stereocenters. The number of hydrogen-bond donors (Lipinski definition) is 0. The van der Waals surface area contributed by atoms with Crippen LogP contribution in [0, 0.1) is 11.3 Å². The van der Waals surface area contributed by atoms with E-state index < -0.39 is 0 Å². The molecule has 2 nitrogen and oxygen atoms in total. The van der Waals surface area contributed by atoms with E-state index in [0.717, 1.165) is 18.7 Å². The summed E-state index contributed by atoms with van der Waals surface area (Å²) in [6, 6.07) is 17.2. The monoisotopic (exact) mass is 264 g/mol. The lowest BCUT2D eigenvalue weighted by Crippen LogP contribution is -2.28. The minimum atomic E-state index is -0.0993. The third-order valence-electron chi connectivity index (χ3n) is 4.22. The molecule has 3 rings (SSSR count). The van der Waals surface area contributed by atoms with Crippen molar-refractivity contribution in [2.45, 2.75) is 31.7 Å². The fourth-order valence-corrected chi connectivity index (χ4v) is 3.10. The highest BCUT2D eigenvalue weighted by Crippen LogP contribution is 2.26. The zero-order chi connectivity index (χ0) is 13.8. The molecule has 0 aromatic heterocycles. The van der Waals surface area contributed by atoms with Gasteiger partial charge in [0.25, 0.3) is 0 Å². The van der Waals surface area contributed by atoms with Gasteiger partial charge in [0.05, 0.1) is 6.07 Å². The Morgan fingerprint density at radius 1 is 0.900 bits per heavy atom. The van der Waals surface area contributed by atoms with Gasteiger partial charge in [0.2, 0.25) is 0 Å². The van der Waals surface area contributed by atoms with Gasteiger partial charge in [-0.25, -0.2) is 0 Å². The minimum Gasteiger partial charge on any atom is -0.284 e.